The van der Waals surface area contributed by atoms with Gasteiger partial charge in [0.25, 0.3) is 5.56 Å². The Bertz CT molecular complexity index is 723. The lowest BCUT2D eigenvalue weighted by atomic mass is 10.2. The number of carbonyl (C=O) groups is 1. The van der Waals surface area contributed by atoms with Gasteiger partial charge in [-0.3, -0.25) is 9.59 Å². The third-order valence-electron chi connectivity index (χ3n) is 2.83. The molecule has 1 aromatic carbocycles. The number of hydrogen-bond donors (Lipinski definition) is 1. The van der Waals surface area contributed by atoms with Gasteiger partial charge in [-0.05, 0) is 31.2 Å². The van der Waals surface area contributed by atoms with E-state index in [1.165, 1.54) is 22.9 Å². The van der Waals surface area contributed by atoms with Crippen molar-refractivity contribution in [2.75, 3.05) is 5.32 Å². The number of hydrogen-bond acceptors (Lipinski definition) is 2. The summed E-state index contributed by atoms with van der Waals surface area (Å²) in [5, 5.41) is 3.85. The van der Waals surface area contributed by atoms with E-state index in [4.69, 9.17) is 34.8 Å². The lowest BCUT2D eigenvalue weighted by molar-refractivity contribution is -0.118. The Balaban J connectivity index is 2.23. The summed E-state index contributed by atoms with van der Waals surface area (Å²) >= 11 is 17.6. The van der Waals surface area contributed by atoms with Gasteiger partial charge in [-0.1, -0.05) is 34.8 Å². The van der Waals surface area contributed by atoms with E-state index in [9.17, 15) is 9.59 Å². The van der Waals surface area contributed by atoms with Gasteiger partial charge in [-0.15, -0.1) is 0 Å². The van der Waals surface area contributed by atoms with Crippen molar-refractivity contribution in [2.45, 2.75) is 13.0 Å². The highest BCUT2D eigenvalue weighted by molar-refractivity contribution is 6.35. The summed E-state index contributed by atoms with van der Waals surface area (Å²) in [6.07, 6.45) is 1.42. The summed E-state index contributed by atoms with van der Waals surface area (Å²) < 4.78 is 1.25. The highest BCUT2D eigenvalue weighted by Gasteiger charge is 2.16. The van der Waals surface area contributed by atoms with Crippen LogP contribution in [0, 0.1) is 0 Å². The van der Waals surface area contributed by atoms with Gasteiger partial charge in [0.15, 0.2) is 0 Å². The third-order valence-corrected chi connectivity index (χ3v) is 3.49. The standard InChI is InChI=1S/C14H11Cl3N2O2/c1-8(19-7-9(15)2-3-13(19)20)14(21)18-12-5-10(16)4-11(17)6-12/h2-8H,1H3,(H,18,21). The van der Waals surface area contributed by atoms with Crippen molar-refractivity contribution < 1.29 is 4.79 Å². The predicted octanol–water partition coefficient (Wildman–Crippen LogP) is 4.01. The molecule has 2 aromatic rings. The van der Waals surface area contributed by atoms with Crippen molar-refractivity contribution in [3.63, 3.8) is 0 Å². The minimum atomic E-state index is -0.728. The molecule has 0 saturated carbocycles. The SMILES string of the molecule is CC(C(=O)Nc1cc(Cl)cc(Cl)c1)n1cc(Cl)ccc1=O. The lowest BCUT2D eigenvalue weighted by Gasteiger charge is -2.15. The molecule has 1 unspecified atom stereocenters. The molecule has 0 aliphatic rings. The highest BCUT2D eigenvalue weighted by Crippen LogP contribution is 2.23. The molecule has 0 bridgehead atoms. The molecule has 0 spiro atoms. The van der Waals surface area contributed by atoms with Crippen molar-refractivity contribution in [2.24, 2.45) is 0 Å². The second kappa shape index (κ2) is 6.52. The number of nitrogens with one attached hydrogen (secondary N) is 1. The van der Waals surface area contributed by atoms with Gasteiger partial charge in [0.1, 0.15) is 6.04 Å². The van der Waals surface area contributed by atoms with E-state index >= 15 is 0 Å². The van der Waals surface area contributed by atoms with E-state index in [0.717, 1.165) is 0 Å². The molecule has 0 aliphatic heterocycles. The van der Waals surface area contributed by atoms with Gasteiger partial charge in [-0.25, -0.2) is 0 Å². The molecule has 4 nitrogen and oxygen atoms in total. The zero-order valence-corrected chi connectivity index (χ0v) is 13.2. The van der Waals surface area contributed by atoms with Crippen LogP contribution in [0.5, 0.6) is 0 Å². The number of pyridine rings is 1. The average Bonchev–Trinajstić information content (AvgIpc) is 2.39. The van der Waals surface area contributed by atoms with E-state index in [0.29, 0.717) is 20.8 Å². The number of rotatable bonds is 3. The van der Waals surface area contributed by atoms with Crippen molar-refractivity contribution >= 4 is 46.4 Å². The largest absolute Gasteiger partial charge is 0.324 e. The molecule has 0 saturated heterocycles. The number of halogens is 3. The molecule has 2 rings (SSSR count). The van der Waals surface area contributed by atoms with Gasteiger partial charge < -0.3 is 9.88 Å². The van der Waals surface area contributed by atoms with Gasteiger partial charge in [0, 0.05) is 28.0 Å². The Labute approximate surface area is 136 Å². The number of nitrogens with zero attached hydrogens (tertiary/aromatic N) is 1. The molecule has 21 heavy (non-hydrogen) atoms. The molecule has 110 valence electrons. The quantitative estimate of drug-likeness (QED) is 0.914. The fourth-order valence-corrected chi connectivity index (χ4v) is 2.47. The monoisotopic (exact) mass is 344 g/mol. The van der Waals surface area contributed by atoms with Crippen molar-refractivity contribution in [1.29, 1.82) is 0 Å². The number of benzene rings is 1. The van der Waals surface area contributed by atoms with Crippen LogP contribution in [0.3, 0.4) is 0 Å². The normalized spacial score (nSPS) is 12.0. The van der Waals surface area contributed by atoms with Crippen molar-refractivity contribution in [3.05, 3.63) is 62.0 Å². The van der Waals surface area contributed by atoms with Crippen LogP contribution in [-0.4, -0.2) is 10.5 Å². The summed E-state index contributed by atoms with van der Waals surface area (Å²) in [6, 6.07) is 6.75. The van der Waals surface area contributed by atoms with E-state index in [2.05, 4.69) is 5.32 Å². The molecule has 1 amide bonds. The van der Waals surface area contributed by atoms with Crippen LogP contribution in [0.1, 0.15) is 13.0 Å². The van der Waals surface area contributed by atoms with Crippen LogP contribution in [0.25, 0.3) is 0 Å². The maximum absolute atomic E-state index is 12.2. The Kier molecular flexibility index (Phi) is 4.93. The maximum Gasteiger partial charge on any atom is 0.251 e. The second-order valence-electron chi connectivity index (χ2n) is 4.42. The van der Waals surface area contributed by atoms with Crippen molar-refractivity contribution in [1.82, 2.24) is 4.57 Å². The zero-order chi connectivity index (χ0) is 15.6. The number of amides is 1. The first-order valence-electron chi connectivity index (χ1n) is 6.01. The molecule has 1 aromatic heterocycles. The first-order chi connectivity index (χ1) is 9.86. The first kappa shape index (κ1) is 15.9. The van der Waals surface area contributed by atoms with E-state index in [-0.39, 0.29) is 11.5 Å². The second-order valence-corrected chi connectivity index (χ2v) is 5.73. The minimum absolute atomic E-state index is 0.314. The van der Waals surface area contributed by atoms with E-state index in [1.54, 1.807) is 25.1 Å². The summed E-state index contributed by atoms with van der Waals surface area (Å²) in [5.41, 5.74) is 0.144. The van der Waals surface area contributed by atoms with Crippen LogP contribution < -0.4 is 10.9 Å². The molecular weight excluding hydrogens is 335 g/mol. The molecule has 0 fully saturated rings. The number of anilines is 1. The Hall–Kier alpha value is -1.49. The Morgan fingerprint density at radius 1 is 1.10 bits per heavy atom. The Morgan fingerprint density at radius 3 is 2.33 bits per heavy atom. The van der Waals surface area contributed by atoms with Crippen molar-refractivity contribution in [3.8, 4) is 0 Å². The first-order valence-corrected chi connectivity index (χ1v) is 7.15. The van der Waals surface area contributed by atoms with Crippen LogP contribution in [-0.2, 0) is 4.79 Å². The molecule has 1 heterocycles. The van der Waals surface area contributed by atoms with Gasteiger partial charge in [0.2, 0.25) is 5.91 Å². The van der Waals surface area contributed by atoms with Crippen LogP contribution in [0.4, 0.5) is 5.69 Å². The summed E-state index contributed by atoms with van der Waals surface area (Å²) in [4.78, 5) is 24.0. The van der Waals surface area contributed by atoms with Gasteiger partial charge in [0.05, 0.1) is 5.02 Å². The molecule has 7 heteroatoms. The summed E-state index contributed by atoms with van der Waals surface area (Å²) in [7, 11) is 0. The summed E-state index contributed by atoms with van der Waals surface area (Å²) in [5.74, 6) is -0.377. The molecular formula is C14H11Cl3N2O2. The maximum atomic E-state index is 12.2. The zero-order valence-electron chi connectivity index (χ0n) is 10.9. The van der Waals surface area contributed by atoms with Crippen LogP contribution in [0.15, 0.2) is 41.3 Å². The Morgan fingerprint density at radius 2 is 1.71 bits per heavy atom. The molecule has 0 aliphatic carbocycles. The average molecular weight is 346 g/mol. The topological polar surface area (TPSA) is 51.1 Å². The molecule has 0 radical (unpaired) electrons. The third kappa shape index (κ3) is 4.00. The van der Waals surface area contributed by atoms with E-state index < -0.39 is 6.04 Å². The lowest BCUT2D eigenvalue weighted by Crippen LogP contribution is -2.30. The number of aromatic nitrogens is 1. The van der Waals surface area contributed by atoms with Crippen LogP contribution >= 0.6 is 34.8 Å². The molecule has 1 N–H and O–H groups in total. The van der Waals surface area contributed by atoms with Gasteiger partial charge in [-0.2, -0.15) is 0 Å². The number of carbonyl (C=O) groups excluding carboxylic acids is 1. The fourth-order valence-electron chi connectivity index (χ4n) is 1.78. The summed E-state index contributed by atoms with van der Waals surface area (Å²) in [6.45, 7) is 1.60. The predicted molar refractivity (Wildman–Crippen MR) is 85.5 cm³/mol. The molecule has 1 atom stereocenters. The van der Waals surface area contributed by atoms with Gasteiger partial charge >= 0.3 is 0 Å². The highest BCUT2D eigenvalue weighted by atomic mass is 35.5. The smallest absolute Gasteiger partial charge is 0.251 e. The minimum Gasteiger partial charge on any atom is -0.324 e. The fraction of sp³-hybridized carbons (Fsp3) is 0.143. The van der Waals surface area contributed by atoms with Crippen LogP contribution in [0.2, 0.25) is 15.1 Å². The van der Waals surface area contributed by atoms with E-state index in [1.807, 2.05) is 0 Å².